The molecular formula is C22H28N2O4S. The third-order valence-electron chi connectivity index (χ3n) is 4.97. The Morgan fingerprint density at radius 1 is 1.31 bits per heavy atom. The number of thiazole rings is 1. The first-order chi connectivity index (χ1) is 13.9. The maximum absolute atomic E-state index is 13.2. The van der Waals surface area contributed by atoms with Gasteiger partial charge in [-0.1, -0.05) is 20.8 Å². The third-order valence-corrected chi connectivity index (χ3v) is 5.85. The van der Waals surface area contributed by atoms with Crippen molar-refractivity contribution < 1.29 is 19.1 Å². The van der Waals surface area contributed by atoms with E-state index in [0.717, 1.165) is 27.6 Å². The molecule has 29 heavy (non-hydrogen) atoms. The highest BCUT2D eigenvalue weighted by atomic mass is 32.1. The molecule has 7 heteroatoms. The van der Waals surface area contributed by atoms with Crippen molar-refractivity contribution in [2.45, 2.75) is 66.0 Å². The summed E-state index contributed by atoms with van der Waals surface area (Å²) in [6.07, 6.45) is 1.12. The summed E-state index contributed by atoms with van der Waals surface area (Å²) in [5.41, 5.74) is 2.39. The Balaban J connectivity index is 2.08. The van der Waals surface area contributed by atoms with Gasteiger partial charge in [-0.2, -0.15) is 0 Å². The van der Waals surface area contributed by atoms with E-state index >= 15 is 0 Å². The molecule has 3 rings (SSSR count). The van der Waals surface area contributed by atoms with Crippen LogP contribution in [0.5, 0.6) is 5.75 Å². The van der Waals surface area contributed by atoms with E-state index < -0.39 is 12.1 Å². The molecule has 0 bridgehead atoms. The van der Waals surface area contributed by atoms with Crippen molar-refractivity contribution in [2.24, 2.45) is 0 Å². The predicted molar refractivity (Wildman–Crippen MR) is 115 cm³/mol. The minimum atomic E-state index is -0.681. The second-order valence-corrected chi connectivity index (χ2v) is 8.54. The number of amides is 1. The van der Waals surface area contributed by atoms with E-state index in [-0.39, 0.29) is 11.9 Å². The molecule has 2 aromatic rings. The molecule has 0 aliphatic carbocycles. The number of anilines is 1. The van der Waals surface area contributed by atoms with Crippen molar-refractivity contribution >= 4 is 28.9 Å². The van der Waals surface area contributed by atoms with Crippen molar-refractivity contribution in [3.05, 3.63) is 28.1 Å². The number of fused-ring (bicyclic) bond motifs is 1. The zero-order valence-corrected chi connectivity index (χ0v) is 18.5. The molecule has 0 N–H and O–H groups in total. The normalized spacial score (nSPS) is 16.9. The number of carbonyl (C=O) groups excluding carboxylic acids is 2. The third kappa shape index (κ3) is 4.15. The maximum Gasteiger partial charge on any atom is 0.329 e. The molecule has 0 saturated heterocycles. The Hall–Kier alpha value is -2.41. The fourth-order valence-corrected chi connectivity index (χ4v) is 4.40. The van der Waals surface area contributed by atoms with Gasteiger partial charge in [0, 0.05) is 10.4 Å². The van der Waals surface area contributed by atoms with E-state index in [0.29, 0.717) is 30.9 Å². The molecule has 156 valence electrons. The molecule has 1 aliphatic heterocycles. The SMILES string of the molecule is CCCOC(=O)C(CC)N1C(=O)C(CC)Oc2ccc(-c3nc(C)sc3C)cc21. The molecule has 0 fully saturated rings. The van der Waals surface area contributed by atoms with Gasteiger partial charge in [-0.25, -0.2) is 9.78 Å². The van der Waals surface area contributed by atoms with E-state index in [1.54, 1.807) is 16.2 Å². The van der Waals surface area contributed by atoms with E-state index in [2.05, 4.69) is 4.98 Å². The van der Waals surface area contributed by atoms with Gasteiger partial charge in [-0.3, -0.25) is 9.69 Å². The van der Waals surface area contributed by atoms with Crippen molar-refractivity contribution in [1.29, 1.82) is 0 Å². The maximum atomic E-state index is 13.2. The molecule has 2 heterocycles. The number of aromatic nitrogens is 1. The monoisotopic (exact) mass is 416 g/mol. The molecule has 1 aromatic carbocycles. The fourth-order valence-electron chi connectivity index (χ4n) is 3.56. The Morgan fingerprint density at radius 3 is 2.66 bits per heavy atom. The average molecular weight is 417 g/mol. The van der Waals surface area contributed by atoms with Crippen LogP contribution in [0, 0.1) is 13.8 Å². The molecular weight excluding hydrogens is 388 g/mol. The number of benzene rings is 1. The minimum absolute atomic E-state index is 0.205. The lowest BCUT2D eigenvalue weighted by Gasteiger charge is -2.38. The van der Waals surface area contributed by atoms with Crippen LogP contribution in [0.15, 0.2) is 18.2 Å². The van der Waals surface area contributed by atoms with Crippen LogP contribution in [-0.2, 0) is 14.3 Å². The second kappa shape index (κ2) is 8.95. The van der Waals surface area contributed by atoms with E-state index in [4.69, 9.17) is 9.47 Å². The van der Waals surface area contributed by atoms with Crippen LogP contribution in [0.4, 0.5) is 5.69 Å². The first kappa shape index (κ1) is 21.3. The smallest absolute Gasteiger partial charge is 0.329 e. The summed E-state index contributed by atoms with van der Waals surface area (Å²) in [4.78, 5) is 33.2. The van der Waals surface area contributed by atoms with E-state index in [9.17, 15) is 9.59 Å². The summed E-state index contributed by atoms with van der Waals surface area (Å²) in [5.74, 6) is 0.0201. The highest BCUT2D eigenvalue weighted by Gasteiger charge is 2.40. The van der Waals surface area contributed by atoms with Gasteiger partial charge in [-0.05, 0) is 51.3 Å². The van der Waals surface area contributed by atoms with Gasteiger partial charge in [-0.15, -0.1) is 11.3 Å². The molecule has 0 spiro atoms. The molecule has 1 aliphatic rings. The molecule has 1 aromatic heterocycles. The number of esters is 1. The molecule has 2 unspecified atom stereocenters. The molecule has 1 amide bonds. The Labute approximate surface area is 175 Å². The minimum Gasteiger partial charge on any atom is -0.478 e. The van der Waals surface area contributed by atoms with Crippen LogP contribution in [0.3, 0.4) is 0 Å². The Bertz CT molecular complexity index is 908. The van der Waals surface area contributed by atoms with E-state index in [1.807, 2.05) is 52.8 Å². The van der Waals surface area contributed by atoms with Gasteiger partial charge >= 0.3 is 5.97 Å². The molecule has 2 atom stereocenters. The van der Waals surface area contributed by atoms with Gasteiger partial charge in [0.15, 0.2) is 6.10 Å². The Morgan fingerprint density at radius 2 is 2.07 bits per heavy atom. The summed E-state index contributed by atoms with van der Waals surface area (Å²) in [6.45, 7) is 10.1. The van der Waals surface area contributed by atoms with Crippen molar-refractivity contribution in [1.82, 2.24) is 4.98 Å². The number of hydrogen-bond acceptors (Lipinski definition) is 6. The van der Waals surface area contributed by atoms with Gasteiger partial charge in [0.1, 0.15) is 11.8 Å². The topological polar surface area (TPSA) is 68.7 Å². The van der Waals surface area contributed by atoms with Crippen molar-refractivity contribution in [3.63, 3.8) is 0 Å². The average Bonchev–Trinajstić information content (AvgIpc) is 3.05. The first-order valence-corrected chi connectivity index (χ1v) is 11.0. The summed E-state index contributed by atoms with van der Waals surface area (Å²) in [7, 11) is 0. The van der Waals surface area contributed by atoms with Crippen LogP contribution < -0.4 is 9.64 Å². The van der Waals surface area contributed by atoms with Crippen LogP contribution in [0.1, 0.15) is 49.9 Å². The molecule has 0 radical (unpaired) electrons. The van der Waals surface area contributed by atoms with Crippen LogP contribution >= 0.6 is 11.3 Å². The number of aryl methyl sites for hydroxylation is 2. The number of rotatable bonds is 7. The summed E-state index contributed by atoms with van der Waals surface area (Å²) < 4.78 is 11.3. The largest absolute Gasteiger partial charge is 0.478 e. The van der Waals surface area contributed by atoms with Crippen molar-refractivity contribution in [3.8, 4) is 17.0 Å². The fraction of sp³-hybridized carbons (Fsp3) is 0.500. The first-order valence-electron chi connectivity index (χ1n) is 10.2. The van der Waals surface area contributed by atoms with Gasteiger partial charge < -0.3 is 9.47 Å². The molecule has 6 nitrogen and oxygen atoms in total. The zero-order chi connectivity index (χ0) is 21.1. The highest BCUT2D eigenvalue weighted by molar-refractivity contribution is 7.11. The number of hydrogen-bond donors (Lipinski definition) is 0. The highest BCUT2D eigenvalue weighted by Crippen LogP contribution is 2.40. The van der Waals surface area contributed by atoms with Crippen LogP contribution in [0.2, 0.25) is 0 Å². The van der Waals surface area contributed by atoms with E-state index in [1.165, 1.54) is 0 Å². The predicted octanol–water partition coefficient (Wildman–Crippen LogP) is 4.66. The van der Waals surface area contributed by atoms with Crippen molar-refractivity contribution in [2.75, 3.05) is 11.5 Å². The van der Waals surface area contributed by atoms with Gasteiger partial charge in [0.25, 0.3) is 5.91 Å². The standard InChI is InChI=1S/C22H28N2O4S/c1-6-11-27-22(26)16(7-2)24-17-12-15(20-13(4)29-14(5)23-20)9-10-19(17)28-18(8-3)21(24)25/h9-10,12,16,18H,6-8,11H2,1-5H3. The van der Waals surface area contributed by atoms with Crippen LogP contribution in [-0.4, -0.2) is 35.6 Å². The zero-order valence-electron chi connectivity index (χ0n) is 17.7. The van der Waals surface area contributed by atoms with Gasteiger partial charge in [0.2, 0.25) is 0 Å². The lowest BCUT2D eigenvalue weighted by molar-refractivity contribution is -0.147. The van der Waals surface area contributed by atoms with Crippen LogP contribution in [0.25, 0.3) is 11.3 Å². The quantitative estimate of drug-likeness (QED) is 0.614. The number of nitrogens with zero attached hydrogens (tertiary/aromatic N) is 2. The van der Waals surface area contributed by atoms with Gasteiger partial charge in [0.05, 0.1) is 23.0 Å². The lowest BCUT2D eigenvalue weighted by Crippen LogP contribution is -2.53. The second-order valence-electron chi connectivity index (χ2n) is 7.13. The summed E-state index contributed by atoms with van der Waals surface area (Å²) in [5, 5.41) is 0.986. The number of carbonyl (C=O) groups is 2. The number of ether oxygens (including phenoxy) is 2. The summed E-state index contributed by atoms with van der Waals surface area (Å²) in [6, 6.07) is 5.04. The molecule has 0 saturated carbocycles. The summed E-state index contributed by atoms with van der Waals surface area (Å²) >= 11 is 1.63. The Kier molecular flexibility index (Phi) is 6.57. The lowest BCUT2D eigenvalue weighted by atomic mass is 10.0.